The summed E-state index contributed by atoms with van der Waals surface area (Å²) in [4.78, 5) is 0. The second-order valence-electron chi connectivity index (χ2n) is 2.88. The summed E-state index contributed by atoms with van der Waals surface area (Å²) < 4.78 is 98.4. The van der Waals surface area contributed by atoms with Gasteiger partial charge in [0.1, 0.15) is 0 Å². The number of rotatable bonds is 0. The van der Waals surface area contributed by atoms with Crippen LogP contribution in [0.3, 0.4) is 0 Å². The van der Waals surface area contributed by atoms with E-state index in [-0.39, 0.29) is 0 Å². The molecule has 0 saturated heterocycles. The van der Waals surface area contributed by atoms with Crippen LogP contribution in [0.15, 0.2) is 11.8 Å². The van der Waals surface area contributed by atoms with Crippen LogP contribution in [0.1, 0.15) is 0 Å². The molecule has 9 heteroatoms. The molecule has 1 aliphatic rings. The highest BCUT2D eigenvalue weighted by Gasteiger charge is 2.84. The zero-order valence-electron chi connectivity index (χ0n) is 6.55. The van der Waals surface area contributed by atoms with E-state index in [4.69, 9.17) is 5.11 Å². The van der Waals surface area contributed by atoms with E-state index in [0.717, 1.165) is 0 Å². The van der Waals surface area contributed by atoms with Crippen LogP contribution in [0.2, 0.25) is 0 Å². The van der Waals surface area contributed by atoms with Crippen molar-refractivity contribution in [3.05, 3.63) is 11.8 Å². The Hall–Kier alpha value is -1.02. The van der Waals surface area contributed by atoms with Gasteiger partial charge < -0.3 is 5.11 Å². The first-order valence-electron chi connectivity index (χ1n) is 3.31. The molecular formula is C6H2F8O. The second-order valence-corrected chi connectivity index (χ2v) is 2.88. The van der Waals surface area contributed by atoms with Crippen LogP contribution in [-0.4, -0.2) is 28.8 Å². The second kappa shape index (κ2) is 2.56. The molecule has 0 aromatic carbocycles. The van der Waals surface area contributed by atoms with E-state index in [1.165, 1.54) is 0 Å². The van der Waals surface area contributed by atoms with Gasteiger partial charge in [-0.25, -0.2) is 0 Å². The summed E-state index contributed by atoms with van der Waals surface area (Å²) in [5.74, 6) is -26.7. The molecule has 0 unspecified atom stereocenters. The van der Waals surface area contributed by atoms with Crippen molar-refractivity contribution in [3.8, 4) is 0 Å². The van der Waals surface area contributed by atoms with Gasteiger partial charge in [0, 0.05) is 6.08 Å². The van der Waals surface area contributed by atoms with Gasteiger partial charge in [0.15, 0.2) is 5.76 Å². The van der Waals surface area contributed by atoms with Crippen molar-refractivity contribution in [2.45, 2.75) is 23.7 Å². The molecule has 0 fully saturated rings. The van der Waals surface area contributed by atoms with Gasteiger partial charge in [-0.3, -0.25) is 0 Å². The molecule has 0 spiro atoms. The lowest BCUT2D eigenvalue weighted by molar-refractivity contribution is -0.361. The minimum atomic E-state index is -6.36. The van der Waals surface area contributed by atoms with E-state index < -0.39 is 35.5 Å². The molecule has 1 rings (SSSR count). The Balaban J connectivity index is 3.49. The molecule has 15 heavy (non-hydrogen) atoms. The summed E-state index contributed by atoms with van der Waals surface area (Å²) in [6.07, 6.45) is -1.27. The Bertz CT molecular complexity index is 317. The first-order chi connectivity index (χ1) is 6.38. The summed E-state index contributed by atoms with van der Waals surface area (Å²) in [6.45, 7) is 0. The molecule has 1 N–H and O–H groups in total. The summed E-state index contributed by atoms with van der Waals surface area (Å²) in [6, 6.07) is 0. The van der Waals surface area contributed by atoms with Gasteiger partial charge in [-0.05, 0) is 0 Å². The van der Waals surface area contributed by atoms with Crippen LogP contribution in [0.25, 0.3) is 0 Å². The third-order valence-corrected chi connectivity index (χ3v) is 1.85. The van der Waals surface area contributed by atoms with E-state index in [1.54, 1.807) is 0 Å². The summed E-state index contributed by atoms with van der Waals surface area (Å²) in [5, 5.41) is 8.16. The van der Waals surface area contributed by atoms with E-state index in [2.05, 4.69) is 0 Å². The lowest BCUT2D eigenvalue weighted by Gasteiger charge is -2.38. The van der Waals surface area contributed by atoms with Crippen molar-refractivity contribution in [2.24, 2.45) is 0 Å². The highest BCUT2D eigenvalue weighted by Crippen LogP contribution is 2.58. The molecule has 1 aliphatic carbocycles. The van der Waals surface area contributed by atoms with Crippen molar-refractivity contribution < 1.29 is 40.2 Å². The van der Waals surface area contributed by atoms with Gasteiger partial charge >= 0.3 is 23.7 Å². The molecule has 0 saturated carbocycles. The molecular weight excluding hydrogens is 240 g/mol. The lowest BCUT2D eigenvalue weighted by atomic mass is 9.91. The Morgan fingerprint density at radius 1 is 0.800 bits per heavy atom. The maximum Gasteiger partial charge on any atom is 0.386 e. The summed E-state index contributed by atoms with van der Waals surface area (Å²) in [5.41, 5.74) is 0. The monoisotopic (exact) mass is 242 g/mol. The van der Waals surface area contributed by atoms with E-state index >= 15 is 0 Å². The minimum Gasteiger partial charge on any atom is -0.506 e. The zero-order valence-corrected chi connectivity index (χ0v) is 6.55. The van der Waals surface area contributed by atoms with E-state index in [1.807, 2.05) is 0 Å². The van der Waals surface area contributed by atoms with Crippen molar-refractivity contribution in [3.63, 3.8) is 0 Å². The third kappa shape index (κ3) is 1.14. The molecule has 0 heterocycles. The van der Waals surface area contributed by atoms with E-state index in [9.17, 15) is 35.1 Å². The van der Waals surface area contributed by atoms with Crippen LogP contribution in [0.4, 0.5) is 35.1 Å². The number of alkyl halides is 8. The normalized spacial score (nSPS) is 30.8. The van der Waals surface area contributed by atoms with Gasteiger partial charge in [-0.15, -0.1) is 0 Å². The average Bonchev–Trinajstić information content (AvgIpc) is 2.00. The molecule has 0 bridgehead atoms. The molecule has 88 valence electrons. The van der Waals surface area contributed by atoms with Gasteiger partial charge in [-0.1, -0.05) is 0 Å². The van der Waals surface area contributed by atoms with Crippen molar-refractivity contribution in [2.75, 3.05) is 0 Å². The van der Waals surface area contributed by atoms with Gasteiger partial charge in [0.2, 0.25) is 0 Å². The molecule has 0 amide bonds. The minimum absolute atomic E-state index is 1.27. The molecule has 1 nitrogen and oxygen atoms in total. The molecule has 0 radical (unpaired) electrons. The smallest absolute Gasteiger partial charge is 0.386 e. The quantitative estimate of drug-likeness (QED) is 0.647. The Morgan fingerprint density at radius 3 is 1.60 bits per heavy atom. The first-order valence-corrected chi connectivity index (χ1v) is 3.31. The molecule has 0 atom stereocenters. The number of hydrogen-bond acceptors (Lipinski definition) is 1. The van der Waals surface area contributed by atoms with Gasteiger partial charge in [0.05, 0.1) is 0 Å². The molecule has 0 aromatic rings. The predicted octanol–water partition coefficient (Wildman–Crippen LogP) is 2.98. The Kier molecular flexibility index (Phi) is 2.06. The Labute approximate surface area is 77.0 Å². The topological polar surface area (TPSA) is 20.2 Å². The lowest BCUT2D eigenvalue weighted by Crippen LogP contribution is -2.65. The van der Waals surface area contributed by atoms with Gasteiger partial charge in [-0.2, -0.15) is 35.1 Å². The number of aliphatic hydroxyl groups excluding tert-OH is 1. The highest BCUT2D eigenvalue weighted by molar-refractivity contribution is 5.26. The van der Waals surface area contributed by atoms with Crippen LogP contribution in [0, 0.1) is 0 Å². The fourth-order valence-corrected chi connectivity index (χ4v) is 0.920. The maximum atomic E-state index is 12.3. The molecule has 0 aromatic heterocycles. The van der Waals surface area contributed by atoms with Crippen molar-refractivity contribution in [1.82, 2.24) is 0 Å². The largest absolute Gasteiger partial charge is 0.506 e. The van der Waals surface area contributed by atoms with Crippen LogP contribution < -0.4 is 0 Å². The van der Waals surface area contributed by atoms with Crippen LogP contribution >= 0.6 is 0 Å². The fourth-order valence-electron chi connectivity index (χ4n) is 0.920. The van der Waals surface area contributed by atoms with Gasteiger partial charge in [0.25, 0.3) is 0 Å². The highest BCUT2D eigenvalue weighted by atomic mass is 19.4. The first kappa shape index (κ1) is 12.1. The van der Waals surface area contributed by atoms with Crippen LogP contribution in [-0.2, 0) is 0 Å². The number of allylic oxidation sites excluding steroid dienone is 2. The van der Waals surface area contributed by atoms with Crippen molar-refractivity contribution in [1.29, 1.82) is 0 Å². The summed E-state index contributed by atoms with van der Waals surface area (Å²) >= 11 is 0. The SMILES string of the molecule is OC1=CC(F)(F)C(F)(F)C(F)(F)C1(F)F. The summed E-state index contributed by atoms with van der Waals surface area (Å²) in [7, 11) is 0. The third-order valence-electron chi connectivity index (χ3n) is 1.85. The Morgan fingerprint density at radius 2 is 1.20 bits per heavy atom. The fraction of sp³-hybridized carbons (Fsp3) is 0.667. The molecule has 0 aliphatic heterocycles. The zero-order chi connectivity index (χ0) is 12.3. The maximum absolute atomic E-state index is 12.3. The standard InChI is InChI=1S/C6H2F8O/c7-3(8)1-2(15)4(9,10)6(13,14)5(3,11)12/h1,15H. The number of hydrogen-bond donors (Lipinski definition) is 1. The van der Waals surface area contributed by atoms with Crippen molar-refractivity contribution >= 4 is 0 Å². The average molecular weight is 242 g/mol. The van der Waals surface area contributed by atoms with Crippen LogP contribution in [0.5, 0.6) is 0 Å². The number of halogens is 8. The number of aliphatic hydroxyl groups is 1. The predicted molar refractivity (Wildman–Crippen MR) is 30.5 cm³/mol. The van der Waals surface area contributed by atoms with E-state index in [0.29, 0.717) is 0 Å².